The van der Waals surface area contributed by atoms with E-state index in [0.717, 1.165) is 0 Å². The van der Waals surface area contributed by atoms with Crippen LogP contribution >= 0.6 is 31.3 Å². The van der Waals surface area contributed by atoms with Gasteiger partial charge in [-0.25, -0.2) is 0 Å². The van der Waals surface area contributed by atoms with Gasteiger partial charge in [-0.05, 0) is 0 Å². The summed E-state index contributed by atoms with van der Waals surface area (Å²) >= 11 is 4.85. The molecule has 0 rings (SSSR count). The zero-order chi connectivity index (χ0) is 18.6. The van der Waals surface area contributed by atoms with Gasteiger partial charge in [0.25, 0.3) is 0 Å². The van der Waals surface area contributed by atoms with Crippen molar-refractivity contribution >= 4 is 87.0 Å². The second-order valence-corrected chi connectivity index (χ2v) is 41.1. The van der Waals surface area contributed by atoms with Crippen LogP contribution in [-0.4, -0.2) is 72.4 Å². The van der Waals surface area contributed by atoms with Crippen molar-refractivity contribution in [1.82, 2.24) is 5.63 Å². The van der Waals surface area contributed by atoms with Crippen LogP contribution in [0.2, 0.25) is 39.3 Å². The van der Waals surface area contributed by atoms with Crippen LogP contribution in [0.5, 0.6) is 0 Å². The summed E-state index contributed by atoms with van der Waals surface area (Å²) in [6.07, 6.45) is 0. The Morgan fingerprint density at radius 1 is 0.773 bits per heavy atom. The molecule has 8 heteroatoms. The van der Waals surface area contributed by atoms with Gasteiger partial charge in [0.1, 0.15) is 0 Å². The second kappa shape index (κ2) is 10.7. The molecule has 0 fully saturated rings. The van der Waals surface area contributed by atoms with Crippen LogP contribution in [-0.2, 0) is 0 Å². The van der Waals surface area contributed by atoms with Gasteiger partial charge in [-0.1, -0.05) is 0 Å². The molecule has 0 aromatic rings. The Morgan fingerprint density at radius 2 is 0.955 bits per heavy atom. The van der Waals surface area contributed by atoms with E-state index in [1.165, 1.54) is 0 Å². The molecule has 0 saturated carbocycles. The van der Waals surface area contributed by atoms with Crippen LogP contribution in [0, 0.1) is 0 Å². The molecular weight excluding hydrogens is 761 g/mol. The molecule has 0 aliphatic heterocycles. The first kappa shape index (κ1) is 27.6. The number of hydrogen-bond donors (Lipinski definition) is 0. The van der Waals surface area contributed by atoms with Crippen LogP contribution in [0.3, 0.4) is 0 Å². The number of rotatable bonds is 4. The molecule has 0 N–H and O–H groups in total. The van der Waals surface area contributed by atoms with Crippen molar-refractivity contribution < 1.29 is 0 Å². The maximum absolute atomic E-state index is 2.90. The van der Waals surface area contributed by atoms with Gasteiger partial charge in [-0.15, -0.1) is 0 Å². The number of hydrogen-bond acceptors (Lipinski definition) is 2. The first-order valence-corrected chi connectivity index (χ1v) is 29.6. The molecule has 0 atom stereocenters. The third kappa shape index (κ3) is 11.9. The summed E-state index contributed by atoms with van der Waals surface area (Å²) in [4.78, 5) is 0. The molecule has 0 aliphatic carbocycles. The van der Waals surface area contributed by atoms with Gasteiger partial charge in [-0.2, -0.15) is 0 Å². The Hall–Kier alpha value is 3.39. The predicted octanol–water partition coefficient (Wildman–Crippen LogP) is 5.78. The second-order valence-electron chi connectivity index (χ2n) is 9.41. The summed E-state index contributed by atoms with van der Waals surface area (Å²) in [6.45, 7) is 29.3. The Balaban J connectivity index is 0. The fraction of sp³-hybridized carbons (Fsp3) is 1.00. The molecule has 0 aliphatic rings. The molecule has 136 valence electrons. The van der Waals surface area contributed by atoms with Crippen molar-refractivity contribution in [1.29, 1.82) is 0 Å². The van der Waals surface area contributed by atoms with E-state index in [1.807, 2.05) is 0 Å². The SMILES string of the molecule is CC(C)(C)N([Te]N(C(C)(C)C)[Si](C)(C)C)[Si](C)(C)C.[Te]=II. The Labute approximate surface area is 181 Å². The third-order valence-electron chi connectivity index (χ3n) is 2.60. The van der Waals surface area contributed by atoms with Crippen molar-refractivity contribution in [3.05, 3.63) is 0 Å². The van der Waals surface area contributed by atoms with Gasteiger partial charge >= 0.3 is 185 Å². The third-order valence-corrected chi connectivity index (χ3v) is 20.9. The van der Waals surface area contributed by atoms with E-state index >= 15 is 0 Å². The van der Waals surface area contributed by atoms with E-state index in [0.29, 0.717) is 23.8 Å². The Bertz CT molecular complexity index is 285. The van der Waals surface area contributed by atoms with Gasteiger partial charge in [0, 0.05) is 0 Å². The van der Waals surface area contributed by atoms with Crippen LogP contribution in [0.25, 0.3) is 0 Å². The van der Waals surface area contributed by atoms with Gasteiger partial charge in [0.15, 0.2) is 0 Å². The molecule has 0 aromatic heterocycles. The average Bonchev–Trinajstić information content (AvgIpc) is 2.09. The van der Waals surface area contributed by atoms with E-state index in [9.17, 15) is 0 Å². The first-order valence-electron chi connectivity index (χ1n) is 7.56. The van der Waals surface area contributed by atoms with Gasteiger partial charge in [0.05, 0.1) is 0 Å². The summed E-state index contributed by atoms with van der Waals surface area (Å²) in [7, 11) is -2.54. The predicted molar refractivity (Wildman–Crippen MR) is 129 cm³/mol. The maximum atomic E-state index is 2.90. The monoisotopic (exact) mass is 802 g/mol. The van der Waals surface area contributed by atoms with Gasteiger partial charge in [0.2, 0.25) is 0 Å². The molecular formula is C14H36I2N2Si2Te2. The summed E-state index contributed by atoms with van der Waals surface area (Å²) in [5.41, 5.74) is 0.603. The zero-order valence-electron chi connectivity index (χ0n) is 16.5. The molecule has 0 heterocycles. The van der Waals surface area contributed by atoms with Crippen LogP contribution < -0.4 is 0 Å². The van der Waals surface area contributed by atoms with Gasteiger partial charge in [-0.3, -0.25) is 0 Å². The fourth-order valence-corrected chi connectivity index (χ4v) is 14.8. The summed E-state index contributed by atoms with van der Waals surface area (Å²) in [6, 6.07) is 0. The molecule has 0 aromatic carbocycles. The zero-order valence-corrected chi connectivity index (χ0v) is 27.4. The number of halogens is 2. The molecule has 22 heavy (non-hydrogen) atoms. The summed E-state index contributed by atoms with van der Waals surface area (Å²) < 4.78 is 5.79. The standard InChI is InChI=1S/C14H36N2Si2Te.I2Te/c1-13(2,3)15(17(7,8)9)19-16(14(4,5)6)18(10,11)12;1-2-3/h1-12H3;. The minimum absolute atomic E-state index is 0.292. The first-order chi connectivity index (χ1) is 9.39. The Kier molecular flexibility index (Phi) is 13.4. The molecule has 0 unspecified atom stereocenters. The van der Waals surface area contributed by atoms with Crippen LogP contribution in [0.4, 0.5) is 0 Å². The Morgan fingerprint density at radius 3 is 1.05 bits per heavy atom. The van der Waals surface area contributed by atoms with Gasteiger partial charge < -0.3 is 0 Å². The summed E-state index contributed by atoms with van der Waals surface area (Å²) in [5.74, 6) is 0. The van der Waals surface area contributed by atoms with Crippen molar-refractivity contribution in [2.75, 3.05) is 0 Å². The molecule has 0 amide bonds. The molecule has 2 nitrogen and oxygen atoms in total. The quantitative estimate of drug-likeness (QED) is 0.263. The van der Waals surface area contributed by atoms with Crippen molar-refractivity contribution in [2.24, 2.45) is 0 Å². The average molecular weight is 798 g/mol. The van der Waals surface area contributed by atoms with E-state index in [4.69, 9.17) is 0 Å². The van der Waals surface area contributed by atoms with Crippen molar-refractivity contribution in [3.63, 3.8) is 0 Å². The summed E-state index contributed by atoms with van der Waals surface area (Å²) in [5, 5.41) is 0. The normalized spacial score (nSPS) is 14.1. The van der Waals surface area contributed by atoms with E-state index in [2.05, 4.69) is 123 Å². The topological polar surface area (TPSA) is 6.48 Å². The molecule has 0 radical (unpaired) electrons. The molecule has 0 saturated heterocycles. The van der Waals surface area contributed by atoms with Crippen LogP contribution in [0.15, 0.2) is 0 Å². The van der Waals surface area contributed by atoms with Crippen LogP contribution in [0.1, 0.15) is 41.5 Å². The fourth-order valence-electron chi connectivity index (χ4n) is 2.58. The van der Waals surface area contributed by atoms with Crippen molar-refractivity contribution in [2.45, 2.75) is 91.9 Å². The molecule has 0 spiro atoms. The minimum atomic E-state index is -1.27. The van der Waals surface area contributed by atoms with Crippen molar-refractivity contribution in [3.8, 4) is 0 Å². The number of nitrogens with zero attached hydrogens (tertiary/aromatic N) is 2. The van der Waals surface area contributed by atoms with E-state index < -0.39 is 16.5 Å². The molecule has 0 bridgehead atoms. The van der Waals surface area contributed by atoms with E-state index in [-0.39, 0.29) is 21.5 Å². The van der Waals surface area contributed by atoms with E-state index in [1.54, 1.807) is 0 Å².